The number of nitrogens with one attached hydrogen (secondary N) is 1. The Morgan fingerprint density at radius 1 is 1.33 bits per heavy atom. The van der Waals surface area contributed by atoms with Crippen LogP contribution in [0.2, 0.25) is 0 Å². The van der Waals surface area contributed by atoms with Crippen LogP contribution in [-0.4, -0.2) is 46.1 Å². The molecule has 1 aromatic rings. The SMILES string of the molecule is CNCc1cn(CCN(CCC(C)C)C2CCCC2)nn1. The fraction of sp³-hybridized carbons (Fsp3) is 0.875. The van der Waals surface area contributed by atoms with Gasteiger partial charge in [0.2, 0.25) is 0 Å². The molecule has 1 fully saturated rings. The molecular formula is C16H31N5. The molecule has 0 unspecified atom stereocenters. The molecule has 0 aliphatic heterocycles. The summed E-state index contributed by atoms with van der Waals surface area (Å²) in [7, 11) is 1.94. The summed E-state index contributed by atoms with van der Waals surface area (Å²) in [5.41, 5.74) is 1.02. The molecule has 1 heterocycles. The van der Waals surface area contributed by atoms with E-state index < -0.39 is 0 Å². The molecule has 0 saturated heterocycles. The predicted octanol–water partition coefficient (Wildman–Crippen LogP) is 2.29. The van der Waals surface area contributed by atoms with Crippen molar-refractivity contribution in [2.45, 2.75) is 65.1 Å². The largest absolute Gasteiger partial charge is 0.314 e. The molecule has 1 aliphatic rings. The van der Waals surface area contributed by atoms with Crippen molar-refractivity contribution in [3.8, 4) is 0 Å². The maximum Gasteiger partial charge on any atom is 0.0964 e. The normalized spacial score (nSPS) is 16.4. The first-order valence-corrected chi connectivity index (χ1v) is 8.46. The Bertz CT molecular complexity index is 395. The summed E-state index contributed by atoms with van der Waals surface area (Å²) < 4.78 is 1.99. The fourth-order valence-corrected chi connectivity index (χ4v) is 3.11. The number of hydrogen-bond acceptors (Lipinski definition) is 4. The summed E-state index contributed by atoms with van der Waals surface area (Å²) in [5.74, 6) is 0.780. The van der Waals surface area contributed by atoms with Crippen LogP contribution in [0.15, 0.2) is 6.20 Å². The van der Waals surface area contributed by atoms with E-state index in [9.17, 15) is 0 Å². The Morgan fingerprint density at radius 3 is 2.76 bits per heavy atom. The van der Waals surface area contributed by atoms with Gasteiger partial charge in [-0.2, -0.15) is 0 Å². The highest BCUT2D eigenvalue weighted by atomic mass is 15.4. The molecule has 1 N–H and O–H groups in total. The second-order valence-electron chi connectivity index (χ2n) is 6.66. The number of hydrogen-bond donors (Lipinski definition) is 1. The van der Waals surface area contributed by atoms with Crippen LogP contribution in [0.1, 0.15) is 51.6 Å². The van der Waals surface area contributed by atoms with Gasteiger partial charge < -0.3 is 5.32 Å². The standard InChI is InChI=1S/C16H31N5/c1-14(2)8-9-20(16-6-4-5-7-16)10-11-21-13-15(12-17-3)18-19-21/h13-14,16-17H,4-12H2,1-3H3. The summed E-state index contributed by atoms with van der Waals surface area (Å²) in [4.78, 5) is 2.69. The van der Waals surface area contributed by atoms with E-state index >= 15 is 0 Å². The van der Waals surface area contributed by atoms with Gasteiger partial charge in [0, 0.05) is 25.3 Å². The minimum atomic E-state index is 0.780. The van der Waals surface area contributed by atoms with Crippen LogP contribution in [0.25, 0.3) is 0 Å². The second-order valence-corrected chi connectivity index (χ2v) is 6.66. The first-order chi connectivity index (χ1) is 10.2. The molecule has 1 saturated carbocycles. The van der Waals surface area contributed by atoms with E-state index in [0.717, 1.165) is 37.3 Å². The lowest BCUT2D eigenvalue weighted by molar-refractivity contribution is 0.178. The lowest BCUT2D eigenvalue weighted by Gasteiger charge is -2.29. The van der Waals surface area contributed by atoms with E-state index in [1.165, 1.54) is 38.6 Å². The molecule has 120 valence electrons. The highest BCUT2D eigenvalue weighted by molar-refractivity contribution is 4.91. The van der Waals surface area contributed by atoms with Crippen LogP contribution < -0.4 is 5.32 Å². The van der Waals surface area contributed by atoms with E-state index in [4.69, 9.17) is 0 Å². The van der Waals surface area contributed by atoms with Crippen LogP contribution in [0.5, 0.6) is 0 Å². The summed E-state index contributed by atoms with van der Waals surface area (Å²) >= 11 is 0. The Morgan fingerprint density at radius 2 is 2.10 bits per heavy atom. The molecule has 1 aromatic heterocycles. The highest BCUT2D eigenvalue weighted by Gasteiger charge is 2.22. The predicted molar refractivity (Wildman–Crippen MR) is 86.1 cm³/mol. The van der Waals surface area contributed by atoms with Gasteiger partial charge in [-0.15, -0.1) is 5.10 Å². The zero-order valence-corrected chi connectivity index (χ0v) is 13.9. The van der Waals surface area contributed by atoms with Crippen LogP contribution in [0.4, 0.5) is 0 Å². The molecule has 0 spiro atoms. The molecule has 21 heavy (non-hydrogen) atoms. The fourth-order valence-electron chi connectivity index (χ4n) is 3.11. The summed E-state index contributed by atoms with van der Waals surface area (Å²) in [6.07, 6.45) is 8.91. The van der Waals surface area contributed by atoms with Crippen LogP contribution >= 0.6 is 0 Å². The van der Waals surface area contributed by atoms with Crippen LogP contribution in [0.3, 0.4) is 0 Å². The van der Waals surface area contributed by atoms with Gasteiger partial charge in [-0.25, -0.2) is 0 Å². The zero-order chi connectivity index (χ0) is 15.1. The van der Waals surface area contributed by atoms with E-state index in [0.29, 0.717) is 0 Å². The van der Waals surface area contributed by atoms with E-state index in [2.05, 4.69) is 40.6 Å². The van der Waals surface area contributed by atoms with Crippen molar-refractivity contribution in [1.29, 1.82) is 0 Å². The smallest absolute Gasteiger partial charge is 0.0964 e. The monoisotopic (exact) mass is 293 g/mol. The summed E-state index contributed by atoms with van der Waals surface area (Å²) in [5, 5.41) is 11.5. The second kappa shape index (κ2) is 8.49. The molecule has 0 aromatic carbocycles. The minimum absolute atomic E-state index is 0.780. The van der Waals surface area contributed by atoms with Gasteiger partial charge in [-0.05, 0) is 38.8 Å². The van der Waals surface area contributed by atoms with Gasteiger partial charge in [0.1, 0.15) is 0 Å². The van der Waals surface area contributed by atoms with E-state index in [1.54, 1.807) is 0 Å². The van der Waals surface area contributed by atoms with Crippen molar-refractivity contribution >= 4 is 0 Å². The van der Waals surface area contributed by atoms with Gasteiger partial charge in [0.15, 0.2) is 0 Å². The van der Waals surface area contributed by atoms with Gasteiger partial charge in [0.25, 0.3) is 0 Å². The first-order valence-electron chi connectivity index (χ1n) is 8.46. The molecule has 0 atom stereocenters. The van der Waals surface area contributed by atoms with E-state index in [-0.39, 0.29) is 0 Å². The third-order valence-electron chi connectivity index (χ3n) is 4.40. The maximum atomic E-state index is 4.23. The lowest BCUT2D eigenvalue weighted by atomic mass is 10.1. The lowest BCUT2D eigenvalue weighted by Crippen LogP contribution is -2.37. The van der Waals surface area contributed by atoms with Crippen molar-refractivity contribution in [2.75, 3.05) is 20.1 Å². The average Bonchev–Trinajstić information content (AvgIpc) is 3.10. The molecular weight excluding hydrogens is 262 g/mol. The Kier molecular flexibility index (Phi) is 6.64. The zero-order valence-electron chi connectivity index (χ0n) is 13.9. The maximum absolute atomic E-state index is 4.23. The third kappa shape index (κ3) is 5.40. The number of aromatic nitrogens is 3. The van der Waals surface area contributed by atoms with Gasteiger partial charge in [-0.3, -0.25) is 9.58 Å². The van der Waals surface area contributed by atoms with Gasteiger partial charge in [-0.1, -0.05) is 31.9 Å². The summed E-state index contributed by atoms with van der Waals surface area (Å²) in [6, 6.07) is 0.795. The van der Waals surface area contributed by atoms with Crippen molar-refractivity contribution in [2.24, 2.45) is 5.92 Å². The van der Waals surface area contributed by atoms with Crippen molar-refractivity contribution in [1.82, 2.24) is 25.2 Å². The molecule has 5 nitrogen and oxygen atoms in total. The Labute approximate surface area is 129 Å². The van der Waals surface area contributed by atoms with Crippen molar-refractivity contribution in [3.05, 3.63) is 11.9 Å². The Balaban J connectivity index is 1.84. The molecule has 1 aliphatic carbocycles. The minimum Gasteiger partial charge on any atom is -0.314 e. The summed E-state index contributed by atoms with van der Waals surface area (Å²) in [6.45, 7) is 8.69. The van der Waals surface area contributed by atoms with Gasteiger partial charge >= 0.3 is 0 Å². The number of nitrogens with zero attached hydrogens (tertiary/aromatic N) is 4. The Hall–Kier alpha value is -0.940. The average molecular weight is 293 g/mol. The van der Waals surface area contributed by atoms with E-state index in [1.807, 2.05) is 11.7 Å². The first kappa shape index (κ1) is 16.4. The molecule has 0 amide bonds. The molecule has 0 radical (unpaired) electrons. The quantitative estimate of drug-likeness (QED) is 0.759. The molecule has 2 rings (SSSR count). The van der Waals surface area contributed by atoms with Crippen molar-refractivity contribution < 1.29 is 0 Å². The third-order valence-corrected chi connectivity index (χ3v) is 4.40. The molecule has 0 bridgehead atoms. The number of rotatable bonds is 9. The van der Waals surface area contributed by atoms with Gasteiger partial charge in [0.05, 0.1) is 12.2 Å². The molecule has 5 heteroatoms. The van der Waals surface area contributed by atoms with Crippen molar-refractivity contribution in [3.63, 3.8) is 0 Å². The highest BCUT2D eigenvalue weighted by Crippen LogP contribution is 2.24. The van der Waals surface area contributed by atoms with Crippen LogP contribution in [0, 0.1) is 5.92 Å². The van der Waals surface area contributed by atoms with Crippen LogP contribution in [-0.2, 0) is 13.1 Å². The topological polar surface area (TPSA) is 46.0 Å².